The highest BCUT2D eigenvalue weighted by Gasteiger charge is 2.38. The van der Waals surface area contributed by atoms with Gasteiger partial charge in [0.15, 0.2) is 0 Å². The second-order valence-electron chi connectivity index (χ2n) is 4.08. The van der Waals surface area contributed by atoms with Gasteiger partial charge in [-0.3, -0.25) is 5.32 Å². The van der Waals surface area contributed by atoms with Crippen LogP contribution in [0.25, 0.3) is 0 Å². The van der Waals surface area contributed by atoms with Crippen LogP contribution in [0.15, 0.2) is 54.6 Å². The van der Waals surface area contributed by atoms with Gasteiger partial charge in [-0.05, 0) is 23.3 Å². The van der Waals surface area contributed by atoms with Gasteiger partial charge in [-0.1, -0.05) is 42.5 Å². The number of halogens is 1. The maximum atomic E-state index is 12.8. The predicted molar refractivity (Wildman–Crippen MR) is 61.5 cm³/mol. The molecule has 80 valence electrons. The lowest BCUT2D eigenvalue weighted by atomic mass is 10.0. The van der Waals surface area contributed by atoms with E-state index in [9.17, 15) is 4.39 Å². The third kappa shape index (κ3) is 1.72. The molecule has 2 atom stereocenters. The fourth-order valence-corrected chi connectivity index (χ4v) is 2.05. The second-order valence-corrected chi connectivity index (χ2v) is 4.08. The van der Waals surface area contributed by atoms with Crippen molar-refractivity contribution in [2.45, 2.75) is 12.1 Å². The highest BCUT2D eigenvalue weighted by atomic mass is 19.1. The first-order valence-corrected chi connectivity index (χ1v) is 5.41. The van der Waals surface area contributed by atoms with Crippen LogP contribution in [0.5, 0.6) is 0 Å². The van der Waals surface area contributed by atoms with Gasteiger partial charge in [0, 0.05) is 0 Å². The lowest BCUT2D eigenvalue weighted by Crippen LogP contribution is -1.84. The highest BCUT2D eigenvalue weighted by Crippen LogP contribution is 2.41. The summed E-state index contributed by atoms with van der Waals surface area (Å²) < 4.78 is 12.8. The van der Waals surface area contributed by atoms with Crippen LogP contribution < -0.4 is 5.32 Å². The molecule has 0 radical (unpaired) electrons. The molecule has 0 aromatic heterocycles. The molecule has 0 spiro atoms. The van der Waals surface area contributed by atoms with Crippen LogP contribution in [0.2, 0.25) is 0 Å². The average Bonchev–Trinajstić information content (AvgIpc) is 3.11. The summed E-state index contributed by atoms with van der Waals surface area (Å²) in [5, 5.41) is 3.40. The van der Waals surface area contributed by atoms with Crippen molar-refractivity contribution in [3.63, 3.8) is 0 Å². The normalized spacial score (nSPS) is 23.1. The van der Waals surface area contributed by atoms with Crippen LogP contribution in [0.4, 0.5) is 4.39 Å². The van der Waals surface area contributed by atoms with Crippen molar-refractivity contribution in [2.24, 2.45) is 0 Å². The molecule has 3 rings (SSSR count). The van der Waals surface area contributed by atoms with E-state index in [0.717, 1.165) is 5.56 Å². The quantitative estimate of drug-likeness (QED) is 0.760. The summed E-state index contributed by atoms with van der Waals surface area (Å²) in [7, 11) is 0. The Morgan fingerprint density at radius 3 is 1.94 bits per heavy atom. The van der Waals surface area contributed by atoms with Gasteiger partial charge in [-0.2, -0.15) is 0 Å². The molecule has 16 heavy (non-hydrogen) atoms. The minimum absolute atomic E-state index is 0.180. The Hall–Kier alpha value is -1.67. The molecule has 2 aromatic rings. The summed E-state index contributed by atoms with van der Waals surface area (Å²) in [5.41, 5.74) is 2.44. The third-order valence-electron chi connectivity index (χ3n) is 2.97. The van der Waals surface area contributed by atoms with E-state index in [1.54, 1.807) is 0 Å². The third-order valence-corrected chi connectivity index (χ3v) is 2.97. The zero-order valence-corrected chi connectivity index (χ0v) is 8.73. The van der Waals surface area contributed by atoms with Crippen LogP contribution in [0.3, 0.4) is 0 Å². The van der Waals surface area contributed by atoms with Crippen molar-refractivity contribution in [1.82, 2.24) is 5.32 Å². The average molecular weight is 213 g/mol. The molecule has 2 heteroatoms. The number of rotatable bonds is 2. The summed E-state index contributed by atoms with van der Waals surface area (Å²) in [6, 6.07) is 17.7. The van der Waals surface area contributed by atoms with E-state index in [2.05, 4.69) is 17.4 Å². The summed E-state index contributed by atoms with van der Waals surface area (Å²) >= 11 is 0. The fourth-order valence-electron chi connectivity index (χ4n) is 2.05. The van der Waals surface area contributed by atoms with Crippen molar-refractivity contribution in [3.05, 3.63) is 71.5 Å². The predicted octanol–water partition coefficient (Wildman–Crippen LogP) is 3.21. The molecule has 1 saturated heterocycles. The van der Waals surface area contributed by atoms with Crippen LogP contribution in [-0.2, 0) is 0 Å². The standard InChI is InChI=1S/C14H12FN/c15-12-8-6-11(7-9-12)14-13(16-14)10-4-2-1-3-5-10/h1-9,13-14,16H/t13-,14-/m1/s1. The Kier molecular flexibility index (Phi) is 2.22. The first-order chi connectivity index (χ1) is 7.84. The SMILES string of the molecule is Fc1ccc([C@H]2N[C@@H]2c2ccccc2)cc1. The Bertz CT molecular complexity index is 478. The van der Waals surface area contributed by atoms with E-state index >= 15 is 0 Å². The summed E-state index contributed by atoms with van der Waals surface area (Å²) in [6.07, 6.45) is 0. The molecule has 1 heterocycles. The minimum Gasteiger partial charge on any atom is -0.300 e. The molecular weight excluding hydrogens is 201 g/mol. The van der Waals surface area contributed by atoms with Crippen molar-refractivity contribution in [2.75, 3.05) is 0 Å². The van der Waals surface area contributed by atoms with Gasteiger partial charge in [0.25, 0.3) is 0 Å². The monoisotopic (exact) mass is 213 g/mol. The zero-order valence-electron chi connectivity index (χ0n) is 8.73. The summed E-state index contributed by atoms with van der Waals surface area (Å²) in [4.78, 5) is 0. The molecule has 1 aliphatic heterocycles. The van der Waals surface area contributed by atoms with Crippen molar-refractivity contribution in [1.29, 1.82) is 0 Å². The molecular formula is C14H12FN. The molecule has 0 saturated carbocycles. The van der Waals surface area contributed by atoms with Crippen molar-refractivity contribution < 1.29 is 4.39 Å². The Labute approximate surface area is 93.9 Å². The van der Waals surface area contributed by atoms with E-state index in [1.165, 1.54) is 17.7 Å². The van der Waals surface area contributed by atoms with Gasteiger partial charge in [0.1, 0.15) is 5.82 Å². The first kappa shape index (κ1) is 9.55. The molecule has 0 bridgehead atoms. The molecule has 1 aliphatic rings. The highest BCUT2D eigenvalue weighted by molar-refractivity contribution is 5.34. The van der Waals surface area contributed by atoms with E-state index in [-0.39, 0.29) is 5.82 Å². The summed E-state index contributed by atoms with van der Waals surface area (Å²) in [6.45, 7) is 0. The van der Waals surface area contributed by atoms with E-state index in [4.69, 9.17) is 0 Å². The minimum atomic E-state index is -0.180. The first-order valence-electron chi connectivity index (χ1n) is 5.41. The number of benzene rings is 2. The van der Waals surface area contributed by atoms with Gasteiger partial charge in [0.2, 0.25) is 0 Å². The van der Waals surface area contributed by atoms with E-state index in [0.29, 0.717) is 12.1 Å². The maximum Gasteiger partial charge on any atom is 0.123 e. The van der Waals surface area contributed by atoms with E-state index in [1.807, 2.05) is 30.3 Å². The molecule has 0 unspecified atom stereocenters. The number of nitrogens with one attached hydrogen (secondary N) is 1. The van der Waals surface area contributed by atoms with Gasteiger partial charge < -0.3 is 0 Å². The summed E-state index contributed by atoms with van der Waals surface area (Å²) in [5.74, 6) is -0.180. The van der Waals surface area contributed by atoms with Crippen LogP contribution in [0, 0.1) is 5.82 Å². The Balaban J connectivity index is 1.79. The van der Waals surface area contributed by atoms with Gasteiger partial charge in [-0.25, -0.2) is 4.39 Å². The largest absolute Gasteiger partial charge is 0.300 e. The fraction of sp³-hybridized carbons (Fsp3) is 0.143. The second kappa shape index (κ2) is 3.72. The van der Waals surface area contributed by atoms with Gasteiger partial charge >= 0.3 is 0 Å². The van der Waals surface area contributed by atoms with Gasteiger partial charge in [0.05, 0.1) is 12.1 Å². The van der Waals surface area contributed by atoms with Crippen molar-refractivity contribution in [3.8, 4) is 0 Å². The molecule has 1 fully saturated rings. The Morgan fingerprint density at radius 1 is 0.750 bits per heavy atom. The van der Waals surface area contributed by atoms with Crippen molar-refractivity contribution >= 4 is 0 Å². The molecule has 0 aliphatic carbocycles. The van der Waals surface area contributed by atoms with Gasteiger partial charge in [-0.15, -0.1) is 0 Å². The lowest BCUT2D eigenvalue weighted by Gasteiger charge is -1.98. The van der Waals surface area contributed by atoms with Crippen LogP contribution >= 0.6 is 0 Å². The topological polar surface area (TPSA) is 21.9 Å². The maximum absolute atomic E-state index is 12.8. The smallest absolute Gasteiger partial charge is 0.123 e. The molecule has 0 amide bonds. The molecule has 2 aromatic carbocycles. The van der Waals surface area contributed by atoms with E-state index < -0.39 is 0 Å². The van der Waals surface area contributed by atoms with Crippen LogP contribution in [0.1, 0.15) is 23.2 Å². The zero-order chi connectivity index (χ0) is 11.0. The molecule has 1 N–H and O–H groups in total. The number of hydrogen-bond donors (Lipinski definition) is 1. The lowest BCUT2D eigenvalue weighted by molar-refractivity contribution is 0.627. The number of hydrogen-bond acceptors (Lipinski definition) is 1. The molecule has 1 nitrogen and oxygen atoms in total. The van der Waals surface area contributed by atoms with Crippen LogP contribution in [-0.4, -0.2) is 0 Å². The Morgan fingerprint density at radius 2 is 1.31 bits per heavy atom.